The van der Waals surface area contributed by atoms with Crippen LogP contribution in [0.3, 0.4) is 0 Å². The van der Waals surface area contributed by atoms with Gasteiger partial charge < -0.3 is 4.74 Å². The first-order valence-electron chi connectivity index (χ1n) is 10.3. The van der Waals surface area contributed by atoms with Crippen LogP contribution < -0.4 is 4.74 Å². The smallest absolute Gasteiger partial charge is 0.244 e. The molecule has 2 aliphatic heterocycles. The lowest BCUT2D eigenvalue weighted by Gasteiger charge is -2.23. The van der Waals surface area contributed by atoms with Gasteiger partial charge >= 0.3 is 0 Å². The summed E-state index contributed by atoms with van der Waals surface area (Å²) in [7, 11) is -2.00. The maximum absolute atomic E-state index is 13.6. The highest BCUT2D eigenvalue weighted by Gasteiger charge is 2.54. The fraction of sp³-hybridized carbons (Fsp3) is 0.231. The van der Waals surface area contributed by atoms with Crippen LogP contribution in [0, 0.1) is 24.7 Å². The van der Waals surface area contributed by atoms with Gasteiger partial charge in [-0.3, -0.25) is 0 Å². The molecule has 0 aliphatic carbocycles. The fourth-order valence-corrected chi connectivity index (χ4v) is 6.50. The number of fused-ring (bicyclic) bond motifs is 5. The first kappa shape index (κ1) is 19.9. The molecular weight excluding hydrogens is 406 g/mol. The van der Waals surface area contributed by atoms with Gasteiger partial charge in [0.25, 0.3) is 0 Å². The fourth-order valence-electron chi connectivity index (χ4n) is 4.68. The van der Waals surface area contributed by atoms with E-state index in [-0.39, 0.29) is 18.0 Å². The summed E-state index contributed by atoms with van der Waals surface area (Å²) in [5, 5.41) is 0. The van der Waals surface area contributed by atoms with Crippen LogP contribution in [0.25, 0.3) is 0 Å². The van der Waals surface area contributed by atoms with Crippen molar-refractivity contribution in [2.24, 2.45) is 5.92 Å². The predicted octanol–water partition coefficient (Wildman–Crippen LogP) is 4.86. The number of benzene rings is 3. The zero-order chi connectivity index (χ0) is 21.6. The molecule has 0 radical (unpaired) electrons. The van der Waals surface area contributed by atoms with E-state index in [9.17, 15) is 8.42 Å². The Morgan fingerprint density at radius 2 is 1.61 bits per heavy atom. The summed E-state index contributed by atoms with van der Waals surface area (Å²) in [6, 6.07) is 22.3. The summed E-state index contributed by atoms with van der Waals surface area (Å²) < 4.78 is 34.2. The molecule has 3 aromatic rings. The molecule has 1 unspecified atom stereocenters. The number of hydrogen-bond donors (Lipinski definition) is 0. The molecule has 2 aliphatic rings. The number of methoxy groups -OCH3 is 1. The van der Waals surface area contributed by atoms with Gasteiger partial charge in [-0.1, -0.05) is 53.8 Å². The van der Waals surface area contributed by atoms with Gasteiger partial charge in [0.15, 0.2) is 0 Å². The van der Waals surface area contributed by atoms with E-state index in [2.05, 4.69) is 11.8 Å². The largest absolute Gasteiger partial charge is 0.497 e. The lowest BCUT2D eigenvalue weighted by Crippen LogP contribution is -2.29. The highest BCUT2D eigenvalue weighted by molar-refractivity contribution is 7.89. The monoisotopic (exact) mass is 429 g/mol. The second-order valence-electron chi connectivity index (χ2n) is 8.08. The third-order valence-corrected chi connectivity index (χ3v) is 8.11. The Balaban J connectivity index is 1.53. The summed E-state index contributed by atoms with van der Waals surface area (Å²) in [5.41, 5.74) is 4.11. The summed E-state index contributed by atoms with van der Waals surface area (Å²) in [5.74, 6) is 7.35. The number of aryl methyl sites for hydroxylation is 1. The highest BCUT2D eigenvalue weighted by Crippen LogP contribution is 2.58. The molecule has 1 saturated heterocycles. The number of sulfonamides is 1. The lowest BCUT2D eigenvalue weighted by molar-refractivity contribution is 0.356. The molecule has 5 rings (SSSR count). The van der Waals surface area contributed by atoms with E-state index in [1.54, 1.807) is 23.5 Å². The van der Waals surface area contributed by atoms with Gasteiger partial charge in [0.2, 0.25) is 10.0 Å². The van der Waals surface area contributed by atoms with Crippen molar-refractivity contribution in [2.45, 2.75) is 30.3 Å². The summed E-state index contributed by atoms with van der Waals surface area (Å²) in [4.78, 5) is 0.338. The van der Waals surface area contributed by atoms with Crippen molar-refractivity contribution >= 4 is 10.0 Å². The minimum absolute atomic E-state index is 0.0535. The highest BCUT2D eigenvalue weighted by atomic mass is 32.2. The average Bonchev–Trinajstić information content (AvgIpc) is 3.33. The van der Waals surface area contributed by atoms with Crippen molar-refractivity contribution in [1.29, 1.82) is 0 Å². The second kappa shape index (κ2) is 7.56. The van der Waals surface area contributed by atoms with E-state index < -0.39 is 10.0 Å². The first-order chi connectivity index (χ1) is 15.0. The molecule has 0 saturated carbocycles. The molecule has 0 aromatic heterocycles. The zero-order valence-electron chi connectivity index (χ0n) is 17.4. The van der Waals surface area contributed by atoms with Gasteiger partial charge in [-0.05, 0) is 60.9 Å². The van der Waals surface area contributed by atoms with Crippen LogP contribution in [0.5, 0.6) is 5.75 Å². The first-order valence-corrected chi connectivity index (χ1v) is 11.8. The van der Waals surface area contributed by atoms with Gasteiger partial charge in [-0.2, -0.15) is 4.31 Å². The van der Waals surface area contributed by atoms with Crippen LogP contribution in [-0.2, 0) is 10.0 Å². The van der Waals surface area contributed by atoms with Gasteiger partial charge in [0.1, 0.15) is 5.75 Å². The van der Waals surface area contributed by atoms with Gasteiger partial charge in [-0.15, -0.1) is 0 Å². The minimum atomic E-state index is -3.63. The van der Waals surface area contributed by atoms with Crippen molar-refractivity contribution in [3.63, 3.8) is 0 Å². The molecule has 2 bridgehead atoms. The summed E-state index contributed by atoms with van der Waals surface area (Å²) >= 11 is 0. The van der Waals surface area contributed by atoms with E-state index in [1.165, 1.54) is 0 Å². The Hall–Kier alpha value is -3.07. The molecule has 0 spiro atoms. The quantitative estimate of drug-likeness (QED) is 0.559. The molecule has 1 fully saturated rings. The SMILES string of the molecule is COc1ccc(C#CC2C[C@@H]3c4ccccc4[C@H]2N3S(=O)(=O)c2ccc(C)cc2)cc1. The van der Waals surface area contributed by atoms with E-state index in [0.717, 1.165) is 28.0 Å². The molecule has 3 aromatic carbocycles. The van der Waals surface area contributed by atoms with Gasteiger partial charge in [0.05, 0.1) is 24.1 Å². The minimum Gasteiger partial charge on any atom is -0.497 e. The van der Waals surface area contributed by atoms with Crippen LogP contribution in [0.1, 0.15) is 40.8 Å². The van der Waals surface area contributed by atoms with Crippen LogP contribution in [0.15, 0.2) is 77.7 Å². The van der Waals surface area contributed by atoms with E-state index in [4.69, 9.17) is 4.74 Å². The number of rotatable bonds is 3. The normalized spacial score (nSPS) is 21.9. The Morgan fingerprint density at radius 1 is 0.935 bits per heavy atom. The van der Waals surface area contributed by atoms with Crippen molar-refractivity contribution in [1.82, 2.24) is 4.31 Å². The Labute approximate surface area is 183 Å². The lowest BCUT2D eigenvalue weighted by atomic mass is 9.84. The van der Waals surface area contributed by atoms with Crippen LogP contribution in [0.4, 0.5) is 0 Å². The second-order valence-corrected chi connectivity index (χ2v) is 9.92. The molecule has 156 valence electrons. The Bertz CT molecular complexity index is 1280. The average molecular weight is 430 g/mol. The predicted molar refractivity (Wildman–Crippen MR) is 120 cm³/mol. The number of ether oxygens (including phenoxy) is 1. The molecule has 31 heavy (non-hydrogen) atoms. The molecule has 3 atom stereocenters. The molecule has 0 amide bonds. The third kappa shape index (κ3) is 3.33. The van der Waals surface area contributed by atoms with Crippen molar-refractivity contribution < 1.29 is 13.2 Å². The molecule has 4 nitrogen and oxygen atoms in total. The number of hydrogen-bond acceptors (Lipinski definition) is 3. The molecule has 2 heterocycles. The molecule has 0 N–H and O–H groups in total. The summed E-state index contributed by atoms with van der Waals surface area (Å²) in [6.45, 7) is 1.95. The molecule has 5 heteroatoms. The van der Waals surface area contributed by atoms with Crippen molar-refractivity contribution in [2.75, 3.05) is 7.11 Å². The standard InChI is InChI=1S/C26H23NO3S/c1-18-7-15-22(16-8-18)31(28,29)27-25-17-20(26(27)24-6-4-3-5-23(24)25)12-9-19-10-13-21(30-2)14-11-19/h3-8,10-11,13-16,20,25-26H,17H2,1-2H3/t20?,25-,26+/m1/s1. The van der Waals surface area contributed by atoms with E-state index >= 15 is 0 Å². The zero-order valence-corrected chi connectivity index (χ0v) is 18.3. The molecular formula is C26H23NO3S. The summed E-state index contributed by atoms with van der Waals surface area (Å²) in [6.07, 6.45) is 0.704. The Morgan fingerprint density at radius 3 is 2.29 bits per heavy atom. The van der Waals surface area contributed by atoms with E-state index in [1.807, 2.05) is 67.6 Å². The van der Waals surface area contributed by atoms with Crippen LogP contribution in [0.2, 0.25) is 0 Å². The van der Waals surface area contributed by atoms with Crippen molar-refractivity contribution in [3.8, 4) is 17.6 Å². The van der Waals surface area contributed by atoms with Crippen molar-refractivity contribution in [3.05, 3.63) is 95.1 Å². The number of nitrogens with zero attached hydrogens (tertiary/aromatic N) is 1. The maximum atomic E-state index is 13.6. The topological polar surface area (TPSA) is 46.6 Å². The van der Waals surface area contributed by atoms with E-state index in [0.29, 0.717) is 11.3 Å². The van der Waals surface area contributed by atoms with Gasteiger partial charge in [-0.25, -0.2) is 8.42 Å². The van der Waals surface area contributed by atoms with Gasteiger partial charge in [0, 0.05) is 11.5 Å². The Kier molecular flexibility index (Phi) is 4.85. The van der Waals surface area contributed by atoms with Crippen LogP contribution >= 0.6 is 0 Å². The maximum Gasteiger partial charge on any atom is 0.244 e. The van der Waals surface area contributed by atoms with Crippen LogP contribution in [-0.4, -0.2) is 19.8 Å². The third-order valence-electron chi connectivity index (χ3n) is 6.20.